The SMILES string of the molecule is Cl.N#Cc1c(NC(=O)CCCSc2ccc(Cl)cc2)sc2c1CCN(Cc1ccccc1)C2. The number of carbonyl (C=O) groups is 1. The van der Waals surface area contributed by atoms with Gasteiger partial charge in [0.15, 0.2) is 0 Å². The molecular formula is C25H25Cl2N3OS2. The summed E-state index contributed by atoms with van der Waals surface area (Å²) >= 11 is 9.18. The van der Waals surface area contributed by atoms with Gasteiger partial charge in [-0.1, -0.05) is 41.9 Å². The fourth-order valence-electron chi connectivity index (χ4n) is 3.78. The molecule has 1 N–H and O–H groups in total. The monoisotopic (exact) mass is 517 g/mol. The number of anilines is 1. The van der Waals surface area contributed by atoms with E-state index in [4.69, 9.17) is 11.6 Å². The van der Waals surface area contributed by atoms with Crippen molar-refractivity contribution in [3.05, 3.63) is 81.2 Å². The molecule has 0 spiro atoms. The highest BCUT2D eigenvalue weighted by Crippen LogP contribution is 2.37. The molecule has 0 radical (unpaired) electrons. The second kappa shape index (κ2) is 12.5. The number of thioether (sulfide) groups is 1. The minimum Gasteiger partial charge on any atom is -0.317 e. The molecule has 3 aromatic rings. The number of nitriles is 1. The van der Waals surface area contributed by atoms with Gasteiger partial charge in [-0.15, -0.1) is 35.5 Å². The number of halogens is 2. The smallest absolute Gasteiger partial charge is 0.225 e. The van der Waals surface area contributed by atoms with E-state index in [2.05, 4.69) is 40.6 Å². The van der Waals surface area contributed by atoms with Crippen LogP contribution in [0.3, 0.4) is 0 Å². The van der Waals surface area contributed by atoms with E-state index >= 15 is 0 Å². The van der Waals surface area contributed by atoms with Crippen LogP contribution in [-0.2, 0) is 24.3 Å². The van der Waals surface area contributed by atoms with Crippen LogP contribution < -0.4 is 5.32 Å². The van der Waals surface area contributed by atoms with Crippen LogP contribution in [0.4, 0.5) is 5.00 Å². The molecule has 8 heteroatoms. The summed E-state index contributed by atoms with van der Waals surface area (Å²) in [6.45, 7) is 2.63. The van der Waals surface area contributed by atoms with Crippen molar-refractivity contribution in [2.45, 2.75) is 37.2 Å². The molecule has 1 aliphatic heterocycles. The fraction of sp³-hybridized carbons (Fsp3) is 0.280. The maximum atomic E-state index is 12.5. The van der Waals surface area contributed by atoms with Crippen molar-refractivity contribution in [1.29, 1.82) is 5.26 Å². The van der Waals surface area contributed by atoms with Crippen LogP contribution in [0.25, 0.3) is 0 Å². The summed E-state index contributed by atoms with van der Waals surface area (Å²) in [5.41, 5.74) is 3.04. The number of hydrogen-bond donors (Lipinski definition) is 1. The van der Waals surface area contributed by atoms with Gasteiger partial charge in [-0.3, -0.25) is 9.69 Å². The van der Waals surface area contributed by atoms with Gasteiger partial charge in [-0.25, -0.2) is 0 Å². The molecule has 0 atom stereocenters. The molecule has 1 aliphatic rings. The molecule has 4 nitrogen and oxygen atoms in total. The normalized spacial score (nSPS) is 13.0. The molecule has 2 heterocycles. The summed E-state index contributed by atoms with van der Waals surface area (Å²) in [6, 6.07) is 20.5. The summed E-state index contributed by atoms with van der Waals surface area (Å²) in [5, 5.41) is 14.1. The summed E-state index contributed by atoms with van der Waals surface area (Å²) in [7, 11) is 0. The number of thiophene rings is 1. The fourth-order valence-corrected chi connectivity index (χ4v) is 6.02. The average Bonchev–Trinajstić information content (AvgIpc) is 3.14. The lowest BCUT2D eigenvalue weighted by molar-refractivity contribution is -0.116. The number of nitrogens with one attached hydrogen (secondary N) is 1. The van der Waals surface area contributed by atoms with Crippen LogP contribution in [0, 0.1) is 11.3 Å². The van der Waals surface area contributed by atoms with Gasteiger partial charge in [0.05, 0.1) is 5.56 Å². The Morgan fingerprint density at radius 3 is 2.67 bits per heavy atom. The molecule has 0 bridgehead atoms. The van der Waals surface area contributed by atoms with Crippen molar-refractivity contribution < 1.29 is 4.79 Å². The maximum absolute atomic E-state index is 12.5. The van der Waals surface area contributed by atoms with Crippen molar-refractivity contribution >= 4 is 58.0 Å². The molecular weight excluding hydrogens is 493 g/mol. The Morgan fingerprint density at radius 2 is 1.94 bits per heavy atom. The molecule has 172 valence electrons. The molecule has 33 heavy (non-hydrogen) atoms. The van der Waals surface area contributed by atoms with Gasteiger partial charge in [0.25, 0.3) is 0 Å². The van der Waals surface area contributed by atoms with Crippen LogP contribution >= 0.6 is 47.1 Å². The van der Waals surface area contributed by atoms with Gasteiger partial charge in [0, 0.05) is 40.9 Å². The molecule has 0 fully saturated rings. The van der Waals surface area contributed by atoms with Crippen LogP contribution in [0.1, 0.15) is 34.4 Å². The van der Waals surface area contributed by atoms with E-state index in [0.29, 0.717) is 17.0 Å². The molecule has 0 aliphatic carbocycles. The lowest BCUT2D eigenvalue weighted by Gasteiger charge is -2.26. The van der Waals surface area contributed by atoms with Gasteiger partial charge in [-0.05, 0) is 54.0 Å². The van der Waals surface area contributed by atoms with Gasteiger partial charge >= 0.3 is 0 Å². The molecule has 1 aromatic heterocycles. The van der Waals surface area contributed by atoms with Crippen LogP contribution in [-0.4, -0.2) is 23.1 Å². The van der Waals surface area contributed by atoms with Crippen molar-refractivity contribution in [3.63, 3.8) is 0 Å². The third-order valence-electron chi connectivity index (χ3n) is 5.38. The number of fused-ring (bicyclic) bond motifs is 1. The Hall–Kier alpha value is -2.01. The number of benzene rings is 2. The Balaban J connectivity index is 0.00000306. The zero-order valence-corrected chi connectivity index (χ0v) is 21.3. The number of hydrogen-bond acceptors (Lipinski definition) is 5. The first-order valence-corrected chi connectivity index (χ1v) is 12.8. The van der Waals surface area contributed by atoms with E-state index in [9.17, 15) is 10.1 Å². The van der Waals surface area contributed by atoms with Crippen LogP contribution in [0.2, 0.25) is 5.02 Å². The largest absolute Gasteiger partial charge is 0.317 e. The second-order valence-corrected chi connectivity index (χ2v) is 10.4. The molecule has 2 aromatic carbocycles. The Labute approximate surface area is 214 Å². The predicted octanol–water partition coefficient (Wildman–Crippen LogP) is 6.76. The molecule has 0 saturated heterocycles. The van der Waals surface area contributed by atoms with Crippen molar-refractivity contribution in [2.24, 2.45) is 0 Å². The number of nitrogens with zero attached hydrogens (tertiary/aromatic N) is 2. The van der Waals surface area contributed by atoms with E-state index < -0.39 is 0 Å². The van der Waals surface area contributed by atoms with Crippen molar-refractivity contribution in [3.8, 4) is 6.07 Å². The first-order chi connectivity index (χ1) is 15.6. The standard InChI is InChI=1S/C25H24ClN3OS2.ClH/c26-19-8-10-20(11-9-19)31-14-4-7-24(30)28-25-22(15-27)21-12-13-29(17-23(21)32-25)16-18-5-2-1-3-6-18;/h1-3,5-6,8-11H,4,7,12-14,16-17H2,(H,28,30);1H. The summed E-state index contributed by atoms with van der Waals surface area (Å²) in [6.07, 6.45) is 2.06. The van der Waals surface area contributed by atoms with E-state index in [1.807, 2.05) is 30.3 Å². The minimum absolute atomic E-state index is 0. The van der Waals surface area contributed by atoms with Crippen molar-refractivity contribution in [2.75, 3.05) is 17.6 Å². The third kappa shape index (κ3) is 6.99. The van der Waals surface area contributed by atoms with Crippen LogP contribution in [0.5, 0.6) is 0 Å². The molecule has 4 rings (SSSR count). The average molecular weight is 519 g/mol. The highest BCUT2D eigenvalue weighted by Gasteiger charge is 2.25. The van der Waals surface area contributed by atoms with Gasteiger partial charge in [-0.2, -0.15) is 5.26 Å². The topological polar surface area (TPSA) is 56.1 Å². The second-order valence-electron chi connectivity index (χ2n) is 7.72. The minimum atomic E-state index is -0.0297. The number of carbonyl (C=O) groups excluding carboxylic acids is 1. The van der Waals surface area contributed by atoms with Gasteiger partial charge < -0.3 is 5.32 Å². The predicted molar refractivity (Wildman–Crippen MR) is 141 cm³/mol. The molecule has 1 amide bonds. The lowest BCUT2D eigenvalue weighted by Crippen LogP contribution is -2.29. The Kier molecular flexibility index (Phi) is 9.66. The zero-order chi connectivity index (χ0) is 22.3. The summed E-state index contributed by atoms with van der Waals surface area (Å²) in [4.78, 5) is 17.2. The highest BCUT2D eigenvalue weighted by molar-refractivity contribution is 7.99. The van der Waals surface area contributed by atoms with Crippen molar-refractivity contribution in [1.82, 2.24) is 4.90 Å². The van der Waals surface area contributed by atoms with Gasteiger partial charge in [0.1, 0.15) is 11.1 Å². The van der Waals surface area contributed by atoms with E-state index in [1.165, 1.54) is 10.4 Å². The van der Waals surface area contributed by atoms with Crippen LogP contribution in [0.15, 0.2) is 59.5 Å². The third-order valence-corrected chi connectivity index (χ3v) is 7.86. The highest BCUT2D eigenvalue weighted by atomic mass is 35.5. The number of rotatable bonds is 8. The van der Waals surface area contributed by atoms with Gasteiger partial charge in [0.2, 0.25) is 5.91 Å². The summed E-state index contributed by atoms with van der Waals surface area (Å²) in [5.74, 6) is 0.827. The maximum Gasteiger partial charge on any atom is 0.225 e. The number of amides is 1. The summed E-state index contributed by atoms with van der Waals surface area (Å²) < 4.78 is 0. The molecule has 0 saturated carbocycles. The Morgan fingerprint density at radius 1 is 1.18 bits per heavy atom. The first-order valence-electron chi connectivity index (χ1n) is 10.6. The first kappa shape index (κ1) is 25.6. The lowest BCUT2D eigenvalue weighted by atomic mass is 10.0. The quantitative estimate of drug-likeness (QED) is 0.264. The Bertz CT molecular complexity index is 1110. The van der Waals surface area contributed by atoms with E-state index in [0.717, 1.165) is 53.7 Å². The van der Waals surface area contributed by atoms with E-state index in [1.54, 1.807) is 23.1 Å². The molecule has 0 unspecified atom stereocenters. The zero-order valence-electron chi connectivity index (χ0n) is 18.1. The van der Waals surface area contributed by atoms with E-state index in [-0.39, 0.29) is 18.3 Å².